The number of nitrogens with zero attached hydrogens (tertiary/aromatic N) is 1. The Labute approximate surface area is 103 Å². The molecule has 7 heteroatoms. The number of aromatic nitrogens is 1. The molecule has 0 aliphatic heterocycles. The second-order valence-electron chi connectivity index (χ2n) is 3.55. The molecule has 0 radical (unpaired) electrons. The molecule has 2 amide bonds. The van der Waals surface area contributed by atoms with E-state index >= 15 is 0 Å². The van der Waals surface area contributed by atoms with Gasteiger partial charge in [-0.05, 0) is 0 Å². The van der Waals surface area contributed by atoms with Gasteiger partial charge in [-0.3, -0.25) is 4.79 Å². The van der Waals surface area contributed by atoms with Gasteiger partial charge in [0.15, 0.2) is 0 Å². The molecule has 0 saturated carbocycles. The normalized spacial score (nSPS) is 11.8. The molecule has 1 unspecified atom stereocenters. The number of carboxylic acids is 1. The first-order chi connectivity index (χ1) is 8.09. The van der Waals surface area contributed by atoms with Crippen LogP contribution in [-0.2, 0) is 11.2 Å². The van der Waals surface area contributed by atoms with Gasteiger partial charge in [-0.25, -0.2) is 9.78 Å². The van der Waals surface area contributed by atoms with Crippen molar-refractivity contribution < 1.29 is 14.7 Å². The standard InChI is InChI=1S/C10H15N3O3S/c1-7(9(14)15)6-13-10(16)12-3-2-8-11-4-5-17-8/h4-5,7H,2-3,6H2,1H3,(H,14,15)(H2,12,13,16). The first-order valence-corrected chi connectivity index (χ1v) is 6.10. The number of nitrogens with one attached hydrogen (secondary N) is 2. The Bertz CT molecular complexity index is 367. The number of carbonyl (C=O) groups excluding carboxylic acids is 1. The molecule has 0 fully saturated rings. The van der Waals surface area contributed by atoms with E-state index in [0.29, 0.717) is 13.0 Å². The van der Waals surface area contributed by atoms with Gasteiger partial charge in [-0.1, -0.05) is 6.92 Å². The molecular formula is C10H15N3O3S. The lowest BCUT2D eigenvalue weighted by molar-refractivity contribution is -0.140. The van der Waals surface area contributed by atoms with Crippen molar-refractivity contribution in [2.45, 2.75) is 13.3 Å². The van der Waals surface area contributed by atoms with E-state index in [1.54, 1.807) is 6.20 Å². The molecule has 1 aromatic rings. The van der Waals surface area contributed by atoms with Crippen LogP contribution in [0.15, 0.2) is 11.6 Å². The number of amides is 2. The highest BCUT2D eigenvalue weighted by molar-refractivity contribution is 7.09. The molecule has 1 heterocycles. The van der Waals surface area contributed by atoms with Crippen molar-refractivity contribution in [2.24, 2.45) is 5.92 Å². The van der Waals surface area contributed by atoms with Gasteiger partial charge in [0.2, 0.25) is 0 Å². The largest absolute Gasteiger partial charge is 0.481 e. The van der Waals surface area contributed by atoms with Gasteiger partial charge in [-0.2, -0.15) is 0 Å². The highest BCUT2D eigenvalue weighted by atomic mass is 32.1. The second kappa shape index (κ2) is 6.85. The van der Waals surface area contributed by atoms with Crippen LogP contribution in [0.4, 0.5) is 4.79 Å². The number of carboxylic acid groups (broad SMARTS) is 1. The van der Waals surface area contributed by atoms with Crippen LogP contribution in [0, 0.1) is 5.92 Å². The minimum atomic E-state index is -0.923. The summed E-state index contributed by atoms with van der Waals surface area (Å²) in [4.78, 5) is 25.8. The first-order valence-electron chi connectivity index (χ1n) is 5.22. The summed E-state index contributed by atoms with van der Waals surface area (Å²) in [7, 11) is 0. The summed E-state index contributed by atoms with van der Waals surface area (Å²) in [6.07, 6.45) is 2.40. The smallest absolute Gasteiger partial charge is 0.314 e. The molecule has 0 aliphatic rings. The van der Waals surface area contributed by atoms with Crippen molar-refractivity contribution in [3.8, 4) is 0 Å². The lowest BCUT2D eigenvalue weighted by atomic mass is 10.2. The molecule has 94 valence electrons. The monoisotopic (exact) mass is 257 g/mol. The zero-order chi connectivity index (χ0) is 12.7. The molecule has 1 rings (SSSR count). The molecule has 1 aromatic heterocycles. The average Bonchev–Trinajstić information content (AvgIpc) is 2.78. The second-order valence-corrected chi connectivity index (χ2v) is 4.53. The van der Waals surface area contributed by atoms with E-state index in [1.807, 2.05) is 5.38 Å². The summed E-state index contributed by atoms with van der Waals surface area (Å²) in [5, 5.41) is 16.6. The van der Waals surface area contributed by atoms with Crippen molar-refractivity contribution in [1.82, 2.24) is 15.6 Å². The van der Waals surface area contributed by atoms with Crippen molar-refractivity contribution in [3.05, 3.63) is 16.6 Å². The molecule has 0 aromatic carbocycles. The zero-order valence-electron chi connectivity index (χ0n) is 9.47. The number of hydrogen-bond donors (Lipinski definition) is 3. The van der Waals surface area contributed by atoms with Crippen LogP contribution < -0.4 is 10.6 Å². The molecule has 17 heavy (non-hydrogen) atoms. The highest BCUT2D eigenvalue weighted by Crippen LogP contribution is 2.03. The first kappa shape index (κ1) is 13.4. The maximum atomic E-state index is 11.3. The number of thiazole rings is 1. The predicted octanol–water partition coefficient (Wildman–Crippen LogP) is 0.705. The average molecular weight is 257 g/mol. The Balaban J connectivity index is 2.11. The van der Waals surface area contributed by atoms with Crippen LogP contribution in [-0.4, -0.2) is 35.2 Å². The maximum absolute atomic E-state index is 11.3. The predicted molar refractivity (Wildman–Crippen MR) is 64.0 cm³/mol. The van der Waals surface area contributed by atoms with Gasteiger partial charge in [-0.15, -0.1) is 11.3 Å². The Morgan fingerprint density at radius 1 is 1.53 bits per heavy atom. The Morgan fingerprint density at radius 2 is 2.29 bits per heavy atom. The lowest BCUT2D eigenvalue weighted by Gasteiger charge is -2.09. The lowest BCUT2D eigenvalue weighted by Crippen LogP contribution is -2.39. The molecule has 0 bridgehead atoms. The molecular weight excluding hydrogens is 242 g/mol. The molecule has 0 aliphatic carbocycles. The fourth-order valence-corrected chi connectivity index (χ4v) is 1.68. The van der Waals surface area contributed by atoms with E-state index in [9.17, 15) is 9.59 Å². The minimum absolute atomic E-state index is 0.123. The maximum Gasteiger partial charge on any atom is 0.314 e. The number of aliphatic carboxylic acids is 1. The summed E-state index contributed by atoms with van der Waals surface area (Å²) >= 11 is 1.54. The van der Waals surface area contributed by atoms with E-state index in [0.717, 1.165) is 5.01 Å². The third-order valence-electron chi connectivity index (χ3n) is 2.10. The molecule has 0 saturated heterocycles. The van der Waals surface area contributed by atoms with Crippen LogP contribution in [0.25, 0.3) is 0 Å². The third-order valence-corrected chi connectivity index (χ3v) is 2.94. The number of urea groups is 1. The quantitative estimate of drug-likeness (QED) is 0.699. The van der Waals surface area contributed by atoms with E-state index in [4.69, 9.17) is 5.11 Å². The van der Waals surface area contributed by atoms with Crippen LogP contribution >= 0.6 is 11.3 Å². The molecule has 6 nitrogen and oxygen atoms in total. The van der Waals surface area contributed by atoms with Crippen LogP contribution in [0.1, 0.15) is 11.9 Å². The van der Waals surface area contributed by atoms with Gasteiger partial charge in [0.1, 0.15) is 0 Å². The summed E-state index contributed by atoms with van der Waals surface area (Å²) in [6.45, 7) is 2.15. The summed E-state index contributed by atoms with van der Waals surface area (Å²) in [6, 6.07) is -0.352. The van der Waals surface area contributed by atoms with Gasteiger partial charge in [0.25, 0.3) is 0 Å². The summed E-state index contributed by atoms with van der Waals surface area (Å²) < 4.78 is 0. The molecule has 1 atom stereocenters. The fraction of sp³-hybridized carbons (Fsp3) is 0.500. The Morgan fingerprint density at radius 3 is 2.88 bits per heavy atom. The van der Waals surface area contributed by atoms with Crippen molar-refractivity contribution in [3.63, 3.8) is 0 Å². The Hall–Kier alpha value is -1.63. The van der Waals surface area contributed by atoms with Crippen molar-refractivity contribution in [2.75, 3.05) is 13.1 Å². The van der Waals surface area contributed by atoms with Gasteiger partial charge in [0, 0.05) is 31.1 Å². The Kier molecular flexibility index (Phi) is 5.41. The zero-order valence-corrected chi connectivity index (χ0v) is 10.3. The fourth-order valence-electron chi connectivity index (χ4n) is 1.06. The van der Waals surface area contributed by atoms with Crippen LogP contribution in [0.3, 0.4) is 0 Å². The van der Waals surface area contributed by atoms with E-state index in [1.165, 1.54) is 18.3 Å². The molecule has 0 spiro atoms. The summed E-state index contributed by atoms with van der Waals surface area (Å²) in [5.41, 5.74) is 0. The number of rotatable bonds is 6. The highest BCUT2D eigenvalue weighted by Gasteiger charge is 2.11. The van der Waals surface area contributed by atoms with Crippen LogP contribution in [0.5, 0.6) is 0 Å². The third kappa shape index (κ3) is 5.30. The van der Waals surface area contributed by atoms with Crippen LogP contribution in [0.2, 0.25) is 0 Å². The van der Waals surface area contributed by atoms with Gasteiger partial charge >= 0.3 is 12.0 Å². The van der Waals surface area contributed by atoms with E-state index in [-0.39, 0.29) is 12.6 Å². The SMILES string of the molecule is CC(CNC(=O)NCCc1nccs1)C(=O)O. The van der Waals surface area contributed by atoms with E-state index in [2.05, 4.69) is 15.6 Å². The minimum Gasteiger partial charge on any atom is -0.481 e. The van der Waals surface area contributed by atoms with Crippen molar-refractivity contribution >= 4 is 23.3 Å². The number of carbonyl (C=O) groups is 2. The topological polar surface area (TPSA) is 91.3 Å². The summed E-state index contributed by atoms with van der Waals surface area (Å²) in [5.74, 6) is -1.51. The van der Waals surface area contributed by atoms with E-state index < -0.39 is 11.9 Å². The van der Waals surface area contributed by atoms with Crippen molar-refractivity contribution in [1.29, 1.82) is 0 Å². The molecule has 3 N–H and O–H groups in total. The number of hydrogen-bond acceptors (Lipinski definition) is 4. The van der Waals surface area contributed by atoms with Gasteiger partial charge < -0.3 is 15.7 Å². The van der Waals surface area contributed by atoms with Gasteiger partial charge in [0.05, 0.1) is 10.9 Å².